The number of carbonyl (C=O) groups is 1. The summed E-state index contributed by atoms with van der Waals surface area (Å²) in [5.74, 6) is -0.358. The van der Waals surface area contributed by atoms with Crippen molar-refractivity contribution >= 4 is 40.7 Å². The molecule has 4 rings (SSSR count). The van der Waals surface area contributed by atoms with Gasteiger partial charge in [0.25, 0.3) is 0 Å². The number of rotatable bonds is 10. The van der Waals surface area contributed by atoms with E-state index in [0.29, 0.717) is 31.1 Å². The molecule has 0 aliphatic rings. The zero-order valence-corrected chi connectivity index (χ0v) is 20.8. The second-order valence-corrected chi connectivity index (χ2v) is 10.9. The summed E-state index contributed by atoms with van der Waals surface area (Å²) in [6.45, 7) is 11.6. The monoisotopic (exact) mass is 505 g/mol. The van der Waals surface area contributed by atoms with Crippen LogP contribution in [0.15, 0.2) is 64.8 Å². The number of hydrogen-bond donors (Lipinski definition) is 1. The molecule has 0 atom stereocenters. The summed E-state index contributed by atoms with van der Waals surface area (Å²) < 4.78 is 1.60. The molecule has 0 aliphatic carbocycles. The predicted octanol–water partition coefficient (Wildman–Crippen LogP) is 4.87. The predicted molar refractivity (Wildman–Crippen MR) is 136 cm³/mol. The van der Waals surface area contributed by atoms with E-state index in [0.717, 1.165) is 21.3 Å². The highest BCUT2D eigenvalue weighted by Gasteiger charge is 2.29. The fourth-order valence-electron chi connectivity index (χ4n) is 3.13. The smallest absolute Gasteiger partial charge is 0.319 e. The zero-order valence-electron chi connectivity index (χ0n) is 19.2. The van der Waals surface area contributed by atoms with Crippen LogP contribution in [0.4, 0.5) is 11.6 Å². The van der Waals surface area contributed by atoms with Crippen LogP contribution in [0.1, 0.15) is 25.1 Å². The van der Waals surface area contributed by atoms with Crippen molar-refractivity contribution < 1.29 is 9.90 Å². The number of hydrogen-bond acceptors (Lipinski definition) is 8. The van der Waals surface area contributed by atoms with Crippen LogP contribution in [0.25, 0.3) is 10.5 Å². The van der Waals surface area contributed by atoms with Crippen molar-refractivity contribution in [3.05, 3.63) is 83.2 Å². The maximum atomic E-state index is 11.4. The van der Waals surface area contributed by atoms with Gasteiger partial charge >= 0.3 is 5.97 Å². The summed E-state index contributed by atoms with van der Waals surface area (Å²) in [6.07, 6.45) is 7.45. The highest BCUT2D eigenvalue weighted by molar-refractivity contribution is 8.03. The summed E-state index contributed by atoms with van der Waals surface area (Å²) >= 11 is 2.69. The highest BCUT2D eigenvalue weighted by Crippen LogP contribution is 2.34. The van der Waals surface area contributed by atoms with Crippen LogP contribution in [-0.4, -0.2) is 47.1 Å². The molecule has 3 aromatic heterocycles. The van der Waals surface area contributed by atoms with Gasteiger partial charge in [-0.05, 0) is 26.0 Å². The van der Waals surface area contributed by atoms with E-state index in [1.54, 1.807) is 13.8 Å². The van der Waals surface area contributed by atoms with E-state index in [2.05, 4.69) is 24.9 Å². The zero-order chi connectivity index (χ0) is 24.8. The molecule has 0 unspecified atom stereocenters. The number of para-hydroxylation sites is 1. The molecule has 0 fully saturated rings. The van der Waals surface area contributed by atoms with Gasteiger partial charge in [-0.15, -0.1) is 11.3 Å². The third-order valence-corrected chi connectivity index (χ3v) is 7.27. The Kier molecular flexibility index (Phi) is 7.43. The third-order valence-electron chi connectivity index (χ3n) is 5.09. The minimum atomic E-state index is -0.946. The first kappa shape index (κ1) is 24.4. The largest absolute Gasteiger partial charge is 0.480 e. The van der Waals surface area contributed by atoms with Gasteiger partial charge in [-0.1, -0.05) is 30.0 Å². The number of carboxylic acid groups (broad SMARTS) is 1. The van der Waals surface area contributed by atoms with E-state index >= 15 is 0 Å². The number of nitrogens with zero attached hydrogens (tertiary/aromatic N) is 7. The molecular weight excluding hydrogens is 482 g/mol. The first-order valence-electron chi connectivity index (χ1n) is 10.7. The summed E-state index contributed by atoms with van der Waals surface area (Å²) in [5, 5.41) is 15.8. The van der Waals surface area contributed by atoms with E-state index in [4.69, 9.17) is 6.57 Å². The van der Waals surface area contributed by atoms with Crippen molar-refractivity contribution in [2.24, 2.45) is 0 Å². The summed E-state index contributed by atoms with van der Waals surface area (Å²) in [7, 11) is 0. The maximum absolute atomic E-state index is 11.4. The summed E-state index contributed by atoms with van der Waals surface area (Å²) in [5.41, 5.74) is 3.22. The molecule has 0 bridgehead atoms. The number of aliphatic carboxylic acids is 1. The molecule has 0 amide bonds. The van der Waals surface area contributed by atoms with E-state index in [9.17, 15) is 9.90 Å². The minimum absolute atomic E-state index is 0.382. The lowest BCUT2D eigenvalue weighted by Crippen LogP contribution is -2.27. The third kappa shape index (κ3) is 6.23. The highest BCUT2D eigenvalue weighted by atomic mass is 32.2. The van der Waals surface area contributed by atoms with Gasteiger partial charge in [-0.2, -0.15) is 5.10 Å². The molecule has 0 aliphatic heterocycles. The number of carboxylic acids is 1. The van der Waals surface area contributed by atoms with Gasteiger partial charge in [0, 0.05) is 49.0 Å². The fraction of sp³-hybridized carbons (Fsp3) is 0.250. The average molecular weight is 506 g/mol. The Morgan fingerprint density at radius 1 is 1.23 bits per heavy atom. The number of thioether (sulfide) groups is 1. The van der Waals surface area contributed by atoms with Crippen molar-refractivity contribution in [1.82, 2.24) is 24.7 Å². The van der Waals surface area contributed by atoms with Crippen molar-refractivity contribution in [1.29, 1.82) is 0 Å². The first-order chi connectivity index (χ1) is 16.8. The standard InChI is InChI=1S/C24H23N7O2S2/c1-24(2,21(32)33)35-23-29-18(16-34-23)9-10-30(22-26-12-19(25-3)13-27-22)14-17-11-28-31(15-17)20-7-5-4-6-8-20/h4-8,11-13,15-16H,9-10,14H2,1-2H3,(H,32,33). The van der Waals surface area contributed by atoms with E-state index in [1.165, 1.54) is 35.5 Å². The molecule has 0 saturated carbocycles. The van der Waals surface area contributed by atoms with Gasteiger partial charge in [-0.25, -0.2) is 24.5 Å². The normalized spacial score (nSPS) is 11.2. The van der Waals surface area contributed by atoms with Gasteiger partial charge in [0.05, 0.1) is 24.2 Å². The Labute approximate surface area is 211 Å². The van der Waals surface area contributed by atoms with Crippen molar-refractivity contribution in [3.63, 3.8) is 0 Å². The van der Waals surface area contributed by atoms with Crippen LogP contribution < -0.4 is 4.90 Å². The quantitative estimate of drug-likeness (QED) is 0.241. The topological polar surface area (TPSA) is 101 Å². The molecule has 178 valence electrons. The molecule has 0 saturated heterocycles. The van der Waals surface area contributed by atoms with Crippen LogP contribution in [0, 0.1) is 6.57 Å². The van der Waals surface area contributed by atoms with E-state index < -0.39 is 10.7 Å². The molecule has 0 spiro atoms. The Morgan fingerprint density at radius 2 is 1.97 bits per heavy atom. The maximum Gasteiger partial charge on any atom is 0.319 e. The van der Waals surface area contributed by atoms with Gasteiger partial charge in [0.15, 0.2) is 4.34 Å². The van der Waals surface area contributed by atoms with Gasteiger partial charge in [0.2, 0.25) is 11.6 Å². The number of thiazole rings is 1. The first-order valence-corrected chi connectivity index (χ1v) is 12.4. The average Bonchev–Trinajstić information content (AvgIpc) is 3.51. The Hall–Kier alpha value is -3.75. The van der Waals surface area contributed by atoms with Crippen molar-refractivity contribution in [3.8, 4) is 5.69 Å². The SMILES string of the molecule is [C-]#[N+]c1cnc(N(CCc2csc(SC(C)(C)C(=O)O)n2)Cc2cnn(-c3ccccc3)c2)nc1. The van der Waals surface area contributed by atoms with Gasteiger partial charge in [0.1, 0.15) is 4.75 Å². The Bertz CT molecular complexity index is 1330. The van der Waals surface area contributed by atoms with Crippen LogP contribution >= 0.6 is 23.1 Å². The number of aromatic nitrogens is 5. The Morgan fingerprint density at radius 3 is 2.66 bits per heavy atom. The van der Waals surface area contributed by atoms with Crippen molar-refractivity contribution in [2.75, 3.05) is 11.4 Å². The number of anilines is 1. The molecular formula is C24H23N7O2S2. The van der Waals surface area contributed by atoms with Crippen LogP contribution in [-0.2, 0) is 17.8 Å². The molecule has 1 aromatic carbocycles. The van der Waals surface area contributed by atoms with Crippen LogP contribution in [0.5, 0.6) is 0 Å². The van der Waals surface area contributed by atoms with Gasteiger partial charge < -0.3 is 10.0 Å². The van der Waals surface area contributed by atoms with Gasteiger partial charge in [-0.3, -0.25) is 4.79 Å². The lowest BCUT2D eigenvalue weighted by atomic mass is 10.2. The Balaban J connectivity index is 1.49. The summed E-state index contributed by atoms with van der Waals surface area (Å²) in [4.78, 5) is 30.2. The summed E-state index contributed by atoms with van der Waals surface area (Å²) in [6, 6.07) is 9.88. The second-order valence-electron chi connectivity index (χ2n) is 8.18. The molecule has 11 heteroatoms. The molecule has 3 heterocycles. The molecule has 9 nitrogen and oxygen atoms in total. The number of benzene rings is 1. The second kappa shape index (κ2) is 10.7. The molecule has 1 N–H and O–H groups in total. The molecule has 35 heavy (non-hydrogen) atoms. The van der Waals surface area contributed by atoms with Crippen molar-refractivity contribution in [2.45, 2.75) is 35.9 Å². The van der Waals surface area contributed by atoms with E-state index in [1.807, 2.05) is 57.7 Å². The molecule has 0 radical (unpaired) electrons. The lowest BCUT2D eigenvalue weighted by molar-refractivity contribution is -0.138. The van der Waals surface area contributed by atoms with E-state index in [-0.39, 0.29) is 0 Å². The van der Waals surface area contributed by atoms with Crippen LogP contribution in [0.3, 0.4) is 0 Å². The fourth-order valence-corrected chi connectivity index (χ4v) is 5.36. The lowest BCUT2D eigenvalue weighted by Gasteiger charge is -2.21. The minimum Gasteiger partial charge on any atom is -0.480 e. The van der Waals surface area contributed by atoms with Crippen LogP contribution in [0.2, 0.25) is 0 Å². The molecule has 4 aromatic rings.